The molecule has 2 atom stereocenters. The average molecular weight is 475 g/mol. The highest BCUT2D eigenvalue weighted by Crippen LogP contribution is 2.36. The molecule has 0 bridgehead atoms. The highest BCUT2D eigenvalue weighted by atomic mass is 32.2. The number of carbonyl (C=O) groups excluding carboxylic acids is 2. The number of rotatable bonds is 10. The van der Waals surface area contributed by atoms with Gasteiger partial charge in [-0.3, -0.25) is 9.59 Å². The number of carboxylic acids is 1. The van der Waals surface area contributed by atoms with Gasteiger partial charge in [0, 0.05) is 16.8 Å². The zero-order valence-electron chi connectivity index (χ0n) is 17.7. The van der Waals surface area contributed by atoms with Crippen LogP contribution in [-0.2, 0) is 25.5 Å². The summed E-state index contributed by atoms with van der Waals surface area (Å²) in [5.74, 6) is -1.96. The van der Waals surface area contributed by atoms with Crippen molar-refractivity contribution < 1.29 is 24.2 Å². The van der Waals surface area contributed by atoms with Crippen molar-refractivity contribution in [2.75, 3.05) is 19.7 Å². The van der Waals surface area contributed by atoms with Crippen molar-refractivity contribution in [1.82, 2.24) is 10.2 Å². The lowest BCUT2D eigenvalue weighted by Crippen LogP contribution is -2.45. The maximum Gasteiger partial charge on any atom is 0.328 e. The van der Waals surface area contributed by atoms with Crippen molar-refractivity contribution in [3.05, 3.63) is 69.4 Å². The van der Waals surface area contributed by atoms with Gasteiger partial charge in [-0.05, 0) is 36.8 Å². The summed E-state index contributed by atoms with van der Waals surface area (Å²) in [6, 6.07) is 12.9. The van der Waals surface area contributed by atoms with Gasteiger partial charge >= 0.3 is 11.9 Å². The minimum Gasteiger partial charge on any atom is -0.480 e. The van der Waals surface area contributed by atoms with E-state index in [0.29, 0.717) is 12.8 Å². The molecule has 1 aromatic heterocycles. The zero-order chi connectivity index (χ0) is 22.9. The maximum absolute atomic E-state index is 13.2. The Morgan fingerprint density at radius 3 is 2.69 bits per heavy atom. The van der Waals surface area contributed by atoms with E-state index in [1.54, 1.807) is 23.7 Å². The van der Waals surface area contributed by atoms with Crippen LogP contribution in [0.2, 0.25) is 0 Å². The summed E-state index contributed by atoms with van der Waals surface area (Å²) in [6.07, 6.45) is 1.06. The number of ether oxygens (including phenoxy) is 1. The van der Waals surface area contributed by atoms with Gasteiger partial charge in [0.15, 0.2) is 0 Å². The lowest BCUT2D eigenvalue weighted by Gasteiger charge is -2.25. The van der Waals surface area contributed by atoms with E-state index < -0.39 is 30.4 Å². The van der Waals surface area contributed by atoms with Crippen LogP contribution >= 0.6 is 23.1 Å². The van der Waals surface area contributed by atoms with Crippen LogP contribution in [0.4, 0.5) is 0 Å². The van der Waals surface area contributed by atoms with Crippen LogP contribution in [-0.4, -0.2) is 53.6 Å². The molecule has 2 N–H and O–H groups in total. The molecule has 1 aromatic carbocycles. The normalized spacial score (nSPS) is 17.3. The molecular formula is C23H26N2O5S2. The molecule has 1 aliphatic heterocycles. The van der Waals surface area contributed by atoms with Gasteiger partial charge in [-0.2, -0.15) is 0 Å². The van der Waals surface area contributed by atoms with Crippen LogP contribution in [0.25, 0.3) is 0 Å². The number of nitrogens with zero attached hydrogens (tertiary/aromatic N) is 1. The molecule has 0 radical (unpaired) electrons. The number of thioether (sulfide) groups is 1. The Morgan fingerprint density at radius 2 is 2.03 bits per heavy atom. The molecule has 1 aliphatic rings. The van der Waals surface area contributed by atoms with Crippen molar-refractivity contribution in [3.8, 4) is 0 Å². The third-order valence-corrected chi connectivity index (χ3v) is 7.14. The Morgan fingerprint density at radius 1 is 1.25 bits per heavy atom. The standard InChI is InChI=1S/C23H26N2O5S2/c1-2-30-23(29)17(11-10-16-7-4-3-5-8-16)24-18-15-32-20(19-9-6-12-31-19)13-25(22(18)28)14-21(26)27/h3-9,12,15,17,20,24H,2,10-11,13-14H2,1H3,(H,26,27)/t17-,20-/m0/s1. The van der Waals surface area contributed by atoms with Crippen molar-refractivity contribution in [2.45, 2.75) is 31.1 Å². The van der Waals surface area contributed by atoms with Crippen LogP contribution < -0.4 is 5.32 Å². The lowest BCUT2D eigenvalue weighted by molar-refractivity contribution is -0.146. The molecule has 0 saturated carbocycles. The van der Waals surface area contributed by atoms with Gasteiger partial charge < -0.3 is 20.1 Å². The molecule has 32 heavy (non-hydrogen) atoms. The van der Waals surface area contributed by atoms with E-state index in [4.69, 9.17) is 4.74 Å². The molecule has 170 valence electrons. The first kappa shape index (κ1) is 23.9. The van der Waals surface area contributed by atoms with E-state index in [-0.39, 0.29) is 24.1 Å². The van der Waals surface area contributed by atoms with E-state index in [9.17, 15) is 19.5 Å². The van der Waals surface area contributed by atoms with Gasteiger partial charge in [-0.1, -0.05) is 36.4 Å². The third-order valence-electron chi connectivity index (χ3n) is 4.91. The highest BCUT2D eigenvalue weighted by Gasteiger charge is 2.31. The largest absolute Gasteiger partial charge is 0.480 e. The number of esters is 1. The van der Waals surface area contributed by atoms with Crippen LogP contribution in [0.3, 0.4) is 0 Å². The van der Waals surface area contributed by atoms with E-state index >= 15 is 0 Å². The fourth-order valence-corrected chi connectivity index (χ4v) is 5.34. The number of thiophene rings is 1. The zero-order valence-corrected chi connectivity index (χ0v) is 19.4. The smallest absolute Gasteiger partial charge is 0.328 e. The van der Waals surface area contributed by atoms with Crippen LogP contribution in [0.15, 0.2) is 58.9 Å². The van der Waals surface area contributed by atoms with E-state index in [2.05, 4.69) is 5.32 Å². The number of aryl methyl sites for hydroxylation is 1. The number of carboxylic acid groups (broad SMARTS) is 1. The number of amides is 1. The Labute approximate surface area is 195 Å². The highest BCUT2D eigenvalue weighted by molar-refractivity contribution is 8.02. The number of hydrogen-bond acceptors (Lipinski definition) is 7. The summed E-state index contributed by atoms with van der Waals surface area (Å²) in [4.78, 5) is 39.5. The van der Waals surface area contributed by atoms with E-state index in [1.807, 2.05) is 47.8 Å². The van der Waals surface area contributed by atoms with Gasteiger partial charge in [0.05, 0.1) is 11.9 Å². The van der Waals surface area contributed by atoms with Gasteiger partial charge in [0.2, 0.25) is 0 Å². The molecule has 0 aliphatic carbocycles. The van der Waals surface area contributed by atoms with Gasteiger partial charge in [-0.15, -0.1) is 23.1 Å². The Balaban J connectivity index is 1.80. The van der Waals surface area contributed by atoms with E-state index in [0.717, 1.165) is 10.4 Å². The summed E-state index contributed by atoms with van der Waals surface area (Å²) < 4.78 is 5.22. The molecule has 0 fully saturated rings. The van der Waals surface area contributed by atoms with Gasteiger partial charge in [-0.25, -0.2) is 4.79 Å². The monoisotopic (exact) mass is 474 g/mol. The molecular weight excluding hydrogens is 448 g/mol. The first-order valence-corrected chi connectivity index (χ1v) is 12.2. The number of carbonyl (C=O) groups is 3. The summed E-state index contributed by atoms with van der Waals surface area (Å²) >= 11 is 3.01. The number of nitrogens with one attached hydrogen (secondary N) is 1. The maximum atomic E-state index is 13.2. The number of benzene rings is 1. The van der Waals surface area contributed by atoms with Crippen LogP contribution in [0, 0.1) is 0 Å². The SMILES string of the molecule is CCOC(=O)[C@H](CCc1ccccc1)NC1=CS[C@H](c2cccs2)CN(CC(=O)O)C1=O. The first-order chi connectivity index (χ1) is 15.5. The van der Waals surface area contributed by atoms with Crippen LogP contribution in [0.5, 0.6) is 0 Å². The van der Waals surface area contributed by atoms with Crippen molar-refractivity contribution in [3.63, 3.8) is 0 Å². The minimum atomic E-state index is -1.08. The molecule has 0 spiro atoms. The summed E-state index contributed by atoms with van der Waals surface area (Å²) in [5, 5.41) is 15.9. The van der Waals surface area contributed by atoms with Crippen molar-refractivity contribution >= 4 is 40.9 Å². The second-order valence-electron chi connectivity index (χ2n) is 7.22. The summed E-state index contributed by atoms with van der Waals surface area (Å²) in [5.41, 5.74) is 1.28. The van der Waals surface area contributed by atoms with Crippen molar-refractivity contribution in [2.24, 2.45) is 0 Å². The van der Waals surface area contributed by atoms with E-state index in [1.165, 1.54) is 16.7 Å². The molecule has 0 saturated heterocycles. The average Bonchev–Trinajstić information content (AvgIpc) is 3.27. The molecule has 1 amide bonds. The fourth-order valence-electron chi connectivity index (χ4n) is 3.36. The molecule has 3 rings (SSSR count). The Kier molecular flexibility index (Phi) is 8.75. The Hall–Kier alpha value is -2.78. The van der Waals surface area contributed by atoms with Crippen LogP contribution in [0.1, 0.15) is 29.0 Å². The number of aliphatic carboxylic acids is 1. The molecule has 7 nitrogen and oxygen atoms in total. The second kappa shape index (κ2) is 11.7. The fraction of sp³-hybridized carbons (Fsp3) is 0.348. The second-order valence-corrected chi connectivity index (χ2v) is 9.28. The topological polar surface area (TPSA) is 95.9 Å². The minimum absolute atomic E-state index is 0.0806. The first-order valence-electron chi connectivity index (χ1n) is 10.3. The Bertz CT molecular complexity index is 947. The molecule has 2 aromatic rings. The van der Waals surface area contributed by atoms with Crippen molar-refractivity contribution in [1.29, 1.82) is 0 Å². The summed E-state index contributed by atoms with van der Waals surface area (Å²) in [6.45, 7) is 1.83. The van der Waals surface area contributed by atoms with Gasteiger partial charge in [0.25, 0.3) is 5.91 Å². The summed E-state index contributed by atoms with van der Waals surface area (Å²) in [7, 11) is 0. The van der Waals surface area contributed by atoms with Gasteiger partial charge in [0.1, 0.15) is 18.3 Å². The molecule has 2 heterocycles. The molecule has 9 heteroatoms. The predicted octanol–water partition coefficient (Wildman–Crippen LogP) is 3.44. The number of hydrogen-bond donors (Lipinski definition) is 2. The lowest BCUT2D eigenvalue weighted by atomic mass is 10.0. The predicted molar refractivity (Wildman–Crippen MR) is 125 cm³/mol. The third kappa shape index (κ3) is 6.61. The quantitative estimate of drug-likeness (QED) is 0.509. The molecule has 0 unspecified atom stereocenters.